The van der Waals surface area contributed by atoms with E-state index in [9.17, 15) is 24.9 Å². The highest BCUT2D eigenvalue weighted by molar-refractivity contribution is 5.21. The molecule has 1 fully saturated rings. The summed E-state index contributed by atoms with van der Waals surface area (Å²) in [7, 11) is 0. The van der Waals surface area contributed by atoms with Crippen molar-refractivity contribution in [3.63, 3.8) is 0 Å². The van der Waals surface area contributed by atoms with E-state index in [0.29, 0.717) is 0 Å². The van der Waals surface area contributed by atoms with Crippen LogP contribution in [0, 0.1) is 5.92 Å². The Balaban J connectivity index is 2.49. The van der Waals surface area contributed by atoms with E-state index in [1.165, 1.54) is 0 Å². The van der Waals surface area contributed by atoms with Gasteiger partial charge in [0.05, 0.1) is 11.7 Å². The van der Waals surface area contributed by atoms with Crippen LogP contribution in [0.2, 0.25) is 0 Å². The van der Waals surface area contributed by atoms with E-state index in [1.807, 2.05) is 4.98 Å². The van der Waals surface area contributed by atoms with Gasteiger partial charge in [0, 0.05) is 18.7 Å². The maximum Gasteiger partial charge on any atom is 0.325 e. The molecule has 0 bridgehead atoms. The number of aromatic nitrogens is 2. The van der Waals surface area contributed by atoms with Gasteiger partial charge in [-0.1, -0.05) is 0 Å². The number of aliphatic hydroxyl groups is 4. The van der Waals surface area contributed by atoms with Crippen molar-refractivity contribution in [1.29, 1.82) is 0 Å². The van der Waals surface area contributed by atoms with Gasteiger partial charge in [0.25, 0.3) is 5.56 Å². The Bertz CT molecular complexity index is 552. The van der Waals surface area contributed by atoms with E-state index in [-0.39, 0.29) is 12.0 Å². The molecule has 8 heteroatoms. The van der Waals surface area contributed by atoms with Gasteiger partial charge in [-0.25, -0.2) is 4.79 Å². The molecule has 100 valence electrons. The number of hydrogen-bond acceptors (Lipinski definition) is 6. The van der Waals surface area contributed by atoms with Crippen LogP contribution in [0.15, 0.2) is 15.8 Å². The van der Waals surface area contributed by atoms with E-state index in [0.717, 1.165) is 6.20 Å². The molecule has 6 N–H and O–H groups in total. The third-order valence-electron chi connectivity index (χ3n) is 3.39. The SMILES string of the molecule is O=c1[nH]cc([C@]2(O)C[C@H](CO)[C@@H](O)[C@H]2O)c(=O)[nH]1. The highest BCUT2D eigenvalue weighted by Crippen LogP contribution is 2.40. The minimum atomic E-state index is -2.00. The van der Waals surface area contributed by atoms with Gasteiger partial charge in [-0.2, -0.15) is 0 Å². The molecular weight excluding hydrogens is 244 g/mol. The maximum atomic E-state index is 11.6. The minimum Gasteiger partial charge on any atom is -0.396 e. The zero-order valence-corrected chi connectivity index (χ0v) is 9.33. The van der Waals surface area contributed by atoms with Gasteiger partial charge in [0.2, 0.25) is 0 Å². The second-order valence-corrected chi connectivity index (χ2v) is 4.49. The van der Waals surface area contributed by atoms with Crippen molar-refractivity contribution in [1.82, 2.24) is 9.97 Å². The number of H-pyrrole nitrogens is 2. The zero-order chi connectivity index (χ0) is 13.5. The van der Waals surface area contributed by atoms with Crippen LogP contribution in [0.25, 0.3) is 0 Å². The summed E-state index contributed by atoms with van der Waals surface area (Å²) in [5.41, 5.74) is -3.82. The summed E-state index contributed by atoms with van der Waals surface area (Å²) in [5, 5.41) is 38.8. The summed E-state index contributed by atoms with van der Waals surface area (Å²) >= 11 is 0. The minimum absolute atomic E-state index is 0.180. The lowest BCUT2D eigenvalue weighted by Crippen LogP contribution is -2.44. The Hall–Kier alpha value is -1.48. The molecule has 18 heavy (non-hydrogen) atoms. The van der Waals surface area contributed by atoms with Gasteiger partial charge >= 0.3 is 5.69 Å². The van der Waals surface area contributed by atoms with Crippen molar-refractivity contribution in [2.24, 2.45) is 5.92 Å². The highest BCUT2D eigenvalue weighted by atomic mass is 16.4. The molecule has 0 saturated heterocycles. The number of hydrogen-bond donors (Lipinski definition) is 6. The van der Waals surface area contributed by atoms with Crippen molar-refractivity contribution in [3.05, 3.63) is 32.6 Å². The lowest BCUT2D eigenvalue weighted by molar-refractivity contribution is -0.0937. The van der Waals surface area contributed by atoms with Crippen LogP contribution < -0.4 is 11.2 Å². The molecule has 0 aliphatic heterocycles. The zero-order valence-electron chi connectivity index (χ0n) is 9.33. The number of nitrogens with one attached hydrogen (secondary N) is 2. The molecule has 2 rings (SSSR count). The fourth-order valence-electron chi connectivity index (χ4n) is 2.35. The van der Waals surface area contributed by atoms with E-state index in [2.05, 4.69) is 4.98 Å². The Morgan fingerprint density at radius 3 is 2.56 bits per heavy atom. The molecule has 4 atom stereocenters. The topological polar surface area (TPSA) is 147 Å². The van der Waals surface area contributed by atoms with Crippen LogP contribution in [0.4, 0.5) is 0 Å². The molecule has 1 aromatic rings. The van der Waals surface area contributed by atoms with Gasteiger partial charge in [0.15, 0.2) is 0 Å². The fraction of sp³-hybridized carbons (Fsp3) is 0.600. The monoisotopic (exact) mass is 258 g/mol. The predicted octanol–water partition coefficient (Wildman–Crippen LogP) is -3.02. The average Bonchev–Trinajstić information content (AvgIpc) is 2.54. The molecule has 1 aromatic heterocycles. The molecule has 0 unspecified atom stereocenters. The number of rotatable bonds is 2. The smallest absolute Gasteiger partial charge is 0.325 e. The molecule has 1 heterocycles. The van der Waals surface area contributed by atoms with E-state index in [1.54, 1.807) is 0 Å². The first-order valence-electron chi connectivity index (χ1n) is 5.42. The molecule has 0 radical (unpaired) electrons. The quantitative estimate of drug-likeness (QED) is 0.333. The Kier molecular flexibility index (Phi) is 3.11. The van der Waals surface area contributed by atoms with Crippen molar-refractivity contribution >= 4 is 0 Å². The lowest BCUT2D eigenvalue weighted by Gasteiger charge is -2.26. The third-order valence-corrected chi connectivity index (χ3v) is 3.39. The van der Waals surface area contributed by atoms with Crippen LogP contribution in [-0.4, -0.2) is 49.2 Å². The molecular formula is C10H14N2O6. The lowest BCUT2D eigenvalue weighted by atomic mass is 9.91. The maximum absolute atomic E-state index is 11.6. The van der Waals surface area contributed by atoms with Gasteiger partial charge in [-0.05, 0) is 6.42 Å². The number of aliphatic hydroxyl groups excluding tert-OH is 3. The van der Waals surface area contributed by atoms with Crippen LogP contribution in [0.1, 0.15) is 12.0 Å². The second kappa shape index (κ2) is 4.32. The van der Waals surface area contributed by atoms with E-state index < -0.39 is 41.6 Å². The first-order chi connectivity index (χ1) is 8.40. The Labute approximate surface area is 101 Å². The Morgan fingerprint density at radius 1 is 1.39 bits per heavy atom. The first kappa shape index (κ1) is 13.0. The standard InChI is InChI=1S/C10H14N2O6/c13-3-4-1-10(18,7(15)6(4)14)5-2-11-9(17)12-8(5)16/h2,4,6-7,13-15,18H,1,3H2,(H2,11,12,16,17)/t4-,6-,7-,10-/m1/s1. The van der Waals surface area contributed by atoms with Crippen LogP contribution in [0.5, 0.6) is 0 Å². The fourth-order valence-corrected chi connectivity index (χ4v) is 2.35. The summed E-state index contributed by atoms with van der Waals surface area (Å²) in [6.45, 7) is -0.429. The molecule has 0 spiro atoms. The molecule has 8 nitrogen and oxygen atoms in total. The van der Waals surface area contributed by atoms with Crippen molar-refractivity contribution in [2.45, 2.75) is 24.2 Å². The van der Waals surface area contributed by atoms with Gasteiger partial charge in [-0.15, -0.1) is 0 Å². The van der Waals surface area contributed by atoms with Crippen molar-refractivity contribution in [2.75, 3.05) is 6.61 Å². The molecule has 1 aliphatic rings. The van der Waals surface area contributed by atoms with Gasteiger partial charge < -0.3 is 25.4 Å². The van der Waals surface area contributed by atoms with Gasteiger partial charge in [0.1, 0.15) is 11.7 Å². The second-order valence-electron chi connectivity index (χ2n) is 4.49. The molecule has 0 aromatic carbocycles. The average molecular weight is 258 g/mol. The highest BCUT2D eigenvalue weighted by Gasteiger charge is 2.53. The number of aromatic amines is 2. The van der Waals surface area contributed by atoms with Crippen molar-refractivity contribution in [3.8, 4) is 0 Å². The largest absolute Gasteiger partial charge is 0.396 e. The van der Waals surface area contributed by atoms with Crippen LogP contribution >= 0.6 is 0 Å². The van der Waals surface area contributed by atoms with E-state index >= 15 is 0 Å². The summed E-state index contributed by atoms with van der Waals surface area (Å²) in [6, 6.07) is 0. The normalized spacial score (nSPS) is 35.9. The summed E-state index contributed by atoms with van der Waals surface area (Å²) < 4.78 is 0. The van der Waals surface area contributed by atoms with Crippen LogP contribution in [0.3, 0.4) is 0 Å². The third kappa shape index (κ3) is 1.79. The summed E-state index contributed by atoms with van der Waals surface area (Å²) in [6.07, 6.45) is -2.13. The summed E-state index contributed by atoms with van der Waals surface area (Å²) in [5.74, 6) is -0.740. The van der Waals surface area contributed by atoms with Gasteiger partial charge in [-0.3, -0.25) is 9.78 Å². The molecule has 0 amide bonds. The Morgan fingerprint density at radius 2 is 2.06 bits per heavy atom. The predicted molar refractivity (Wildman–Crippen MR) is 58.8 cm³/mol. The molecule has 1 aliphatic carbocycles. The molecule has 1 saturated carbocycles. The van der Waals surface area contributed by atoms with Crippen molar-refractivity contribution < 1.29 is 20.4 Å². The van der Waals surface area contributed by atoms with Crippen LogP contribution in [-0.2, 0) is 5.60 Å². The van der Waals surface area contributed by atoms with E-state index in [4.69, 9.17) is 5.11 Å². The first-order valence-corrected chi connectivity index (χ1v) is 5.42. The summed E-state index contributed by atoms with van der Waals surface area (Å²) in [4.78, 5) is 26.6.